The van der Waals surface area contributed by atoms with Crippen LogP contribution in [-0.4, -0.2) is 12.2 Å². The van der Waals surface area contributed by atoms with Crippen LogP contribution in [0.2, 0.25) is 0 Å². The lowest BCUT2D eigenvalue weighted by Crippen LogP contribution is -2.93. The average Bonchev–Trinajstić information content (AvgIpc) is 2.33. The van der Waals surface area contributed by atoms with Gasteiger partial charge in [-0.3, -0.25) is 0 Å². The Morgan fingerprint density at radius 3 is 2.50 bits per heavy atom. The molecular weight excluding hydrogens is 148 g/mol. The van der Waals surface area contributed by atoms with Gasteiger partial charge >= 0.3 is 0 Å². The van der Waals surface area contributed by atoms with E-state index in [2.05, 4.69) is 6.92 Å². The summed E-state index contributed by atoms with van der Waals surface area (Å²) in [5, 5.41) is 0. The molecule has 0 amide bonds. The Morgan fingerprint density at radius 2 is 1.92 bits per heavy atom. The molecule has 6 saturated carbocycles. The SMILES string of the molecule is CCOC12C3[C@H]4C5CC([C@H]41)[C@H]2[C@@H]53. The van der Waals surface area contributed by atoms with Gasteiger partial charge in [-0.1, -0.05) is 0 Å². The highest BCUT2D eigenvalue weighted by Crippen LogP contribution is 2.96. The van der Waals surface area contributed by atoms with Gasteiger partial charge in [0.05, 0.1) is 5.60 Å². The maximum absolute atomic E-state index is 6.02. The molecule has 8 atom stereocenters. The van der Waals surface area contributed by atoms with Gasteiger partial charge < -0.3 is 4.74 Å². The highest BCUT2D eigenvalue weighted by molar-refractivity contribution is 5.46. The Kier molecular flexibility index (Phi) is 0.569. The second kappa shape index (κ2) is 1.21. The van der Waals surface area contributed by atoms with Crippen molar-refractivity contribution in [3.05, 3.63) is 0 Å². The molecule has 0 N–H and O–H groups in total. The van der Waals surface area contributed by atoms with Crippen molar-refractivity contribution in [2.45, 2.75) is 18.9 Å². The zero-order chi connectivity index (χ0) is 7.66. The van der Waals surface area contributed by atoms with Crippen molar-refractivity contribution >= 4 is 0 Å². The molecule has 1 heteroatoms. The van der Waals surface area contributed by atoms with E-state index < -0.39 is 0 Å². The molecule has 0 heterocycles. The molecule has 1 nitrogen and oxygen atoms in total. The van der Waals surface area contributed by atoms with E-state index in [1.165, 1.54) is 5.92 Å². The van der Waals surface area contributed by atoms with Crippen molar-refractivity contribution in [2.75, 3.05) is 6.61 Å². The zero-order valence-electron chi connectivity index (χ0n) is 7.36. The molecule has 12 heavy (non-hydrogen) atoms. The van der Waals surface area contributed by atoms with E-state index in [9.17, 15) is 0 Å². The molecule has 6 aliphatic carbocycles. The first-order valence-electron chi connectivity index (χ1n) is 5.55. The molecule has 0 saturated heterocycles. The van der Waals surface area contributed by atoms with Crippen LogP contribution in [0.15, 0.2) is 0 Å². The Balaban J connectivity index is 1.65. The van der Waals surface area contributed by atoms with Crippen molar-refractivity contribution < 1.29 is 4.74 Å². The summed E-state index contributed by atoms with van der Waals surface area (Å²) in [7, 11) is 0. The van der Waals surface area contributed by atoms with Crippen molar-refractivity contribution in [3.8, 4) is 0 Å². The van der Waals surface area contributed by atoms with Crippen LogP contribution >= 0.6 is 0 Å². The Labute approximate surface area is 72.5 Å². The van der Waals surface area contributed by atoms with Gasteiger partial charge in [0.2, 0.25) is 0 Å². The molecule has 0 aromatic carbocycles. The minimum absolute atomic E-state index is 0.502. The molecule has 6 rings (SSSR count). The first-order chi connectivity index (χ1) is 5.91. The fourth-order valence-electron chi connectivity index (χ4n) is 6.32. The third kappa shape index (κ3) is 0.238. The molecular formula is C11H14O. The normalized spacial score (nSPS) is 83.2. The van der Waals surface area contributed by atoms with Crippen molar-refractivity contribution in [2.24, 2.45) is 41.4 Å². The van der Waals surface area contributed by atoms with Crippen LogP contribution in [0.4, 0.5) is 0 Å². The van der Waals surface area contributed by atoms with Crippen LogP contribution in [-0.2, 0) is 4.74 Å². The monoisotopic (exact) mass is 162 g/mol. The third-order valence-electron chi connectivity index (χ3n) is 6.07. The van der Waals surface area contributed by atoms with Crippen LogP contribution < -0.4 is 0 Å². The molecule has 0 aliphatic heterocycles. The van der Waals surface area contributed by atoms with E-state index in [1.54, 1.807) is 6.42 Å². The standard InChI is InChI=1S/C11H14O/c1-2-12-11-8-5-3-4-6(8)10(11)7(4)9(5)11/h4-10H,2-3H2,1H3/t4?,5?,6-,7+,8+,9-,10?,11?. The zero-order valence-corrected chi connectivity index (χ0v) is 7.36. The molecule has 0 spiro atoms. The summed E-state index contributed by atoms with van der Waals surface area (Å²) in [6.07, 6.45) is 1.59. The van der Waals surface area contributed by atoms with Crippen molar-refractivity contribution in [3.63, 3.8) is 0 Å². The summed E-state index contributed by atoms with van der Waals surface area (Å²) < 4.78 is 6.02. The van der Waals surface area contributed by atoms with E-state index in [0.717, 1.165) is 42.1 Å². The topological polar surface area (TPSA) is 9.23 Å². The molecule has 0 aromatic rings. The van der Waals surface area contributed by atoms with Gasteiger partial charge in [0.25, 0.3) is 0 Å². The fraction of sp³-hybridized carbons (Fsp3) is 1.00. The van der Waals surface area contributed by atoms with Crippen molar-refractivity contribution in [1.82, 2.24) is 0 Å². The van der Waals surface area contributed by atoms with Crippen LogP contribution in [0.5, 0.6) is 0 Å². The van der Waals surface area contributed by atoms with Gasteiger partial charge in [-0.2, -0.15) is 0 Å². The summed E-state index contributed by atoms with van der Waals surface area (Å²) in [5.41, 5.74) is 0.502. The quantitative estimate of drug-likeness (QED) is 0.598. The highest BCUT2D eigenvalue weighted by atomic mass is 16.5. The first kappa shape index (κ1) is 5.64. The summed E-state index contributed by atoms with van der Waals surface area (Å²) in [5.74, 6) is 7.84. The van der Waals surface area contributed by atoms with Crippen LogP contribution in [0.3, 0.4) is 0 Å². The van der Waals surface area contributed by atoms with E-state index in [4.69, 9.17) is 4.74 Å². The lowest BCUT2D eigenvalue weighted by atomic mass is 9.17. The summed E-state index contributed by atoms with van der Waals surface area (Å²) in [6, 6.07) is 0. The minimum atomic E-state index is 0.502. The van der Waals surface area contributed by atoms with Gasteiger partial charge in [0.1, 0.15) is 0 Å². The Bertz CT molecular complexity index is 273. The second-order valence-electron chi connectivity index (χ2n) is 5.58. The molecule has 0 radical (unpaired) electrons. The van der Waals surface area contributed by atoms with Gasteiger partial charge in [-0.15, -0.1) is 0 Å². The highest BCUT2D eigenvalue weighted by Gasteiger charge is 2.98. The van der Waals surface area contributed by atoms with Gasteiger partial charge in [0.15, 0.2) is 0 Å². The maximum atomic E-state index is 6.02. The fourth-order valence-corrected chi connectivity index (χ4v) is 6.32. The number of rotatable bonds is 2. The third-order valence-corrected chi connectivity index (χ3v) is 6.07. The Hall–Kier alpha value is -0.0400. The van der Waals surface area contributed by atoms with Crippen LogP contribution in [0, 0.1) is 41.4 Å². The minimum Gasteiger partial charge on any atom is -0.374 e. The molecule has 6 fully saturated rings. The predicted molar refractivity (Wildman–Crippen MR) is 43.4 cm³/mol. The number of hydrogen-bond donors (Lipinski definition) is 0. The average molecular weight is 162 g/mol. The van der Waals surface area contributed by atoms with E-state index in [0.29, 0.717) is 5.60 Å². The molecule has 2 bridgehead atoms. The van der Waals surface area contributed by atoms with E-state index in [-0.39, 0.29) is 0 Å². The van der Waals surface area contributed by atoms with Crippen LogP contribution in [0.25, 0.3) is 0 Å². The number of ether oxygens (including phenoxy) is 1. The summed E-state index contributed by atoms with van der Waals surface area (Å²) in [6.45, 7) is 3.12. The van der Waals surface area contributed by atoms with Gasteiger partial charge in [-0.05, 0) is 54.8 Å². The molecule has 0 aromatic heterocycles. The number of hydrogen-bond acceptors (Lipinski definition) is 1. The van der Waals surface area contributed by atoms with E-state index in [1.807, 2.05) is 0 Å². The molecule has 64 valence electrons. The molecule has 4 unspecified atom stereocenters. The van der Waals surface area contributed by atoms with Gasteiger partial charge in [0, 0.05) is 6.61 Å². The lowest BCUT2D eigenvalue weighted by Gasteiger charge is -2.90. The lowest BCUT2D eigenvalue weighted by molar-refractivity contribution is -0.479. The van der Waals surface area contributed by atoms with E-state index >= 15 is 0 Å². The summed E-state index contributed by atoms with van der Waals surface area (Å²) in [4.78, 5) is 0. The predicted octanol–water partition coefficient (Wildman–Crippen LogP) is 1.53. The first-order valence-corrected chi connectivity index (χ1v) is 5.55. The molecule has 6 aliphatic rings. The smallest absolute Gasteiger partial charge is 0.0783 e. The maximum Gasteiger partial charge on any atom is 0.0783 e. The van der Waals surface area contributed by atoms with Crippen LogP contribution in [0.1, 0.15) is 13.3 Å². The summed E-state index contributed by atoms with van der Waals surface area (Å²) >= 11 is 0. The van der Waals surface area contributed by atoms with Crippen molar-refractivity contribution in [1.29, 1.82) is 0 Å². The second-order valence-corrected chi connectivity index (χ2v) is 5.58. The largest absolute Gasteiger partial charge is 0.374 e. The van der Waals surface area contributed by atoms with Gasteiger partial charge in [-0.25, -0.2) is 0 Å². The Morgan fingerprint density at radius 1 is 1.17 bits per heavy atom.